The zero-order chi connectivity index (χ0) is 14.8. The minimum absolute atomic E-state index is 0.277. The molecule has 0 radical (unpaired) electrons. The third-order valence-corrected chi connectivity index (χ3v) is 3.21. The number of ether oxygens (including phenoxy) is 1. The van der Waals surface area contributed by atoms with Crippen molar-refractivity contribution in [1.29, 1.82) is 0 Å². The number of hydrogen-bond acceptors (Lipinski definition) is 4. The average Bonchev–Trinajstić information content (AvgIpc) is 2.91. The normalized spacial score (nSPS) is 10.8. The molecule has 0 spiro atoms. The fourth-order valence-electron chi connectivity index (χ4n) is 2.12. The summed E-state index contributed by atoms with van der Waals surface area (Å²) in [7, 11) is 1.32. The van der Waals surface area contributed by atoms with Crippen LogP contribution in [0.3, 0.4) is 0 Å². The Balaban J connectivity index is 1.98. The molecule has 0 N–H and O–H groups in total. The molecule has 0 aliphatic carbocycles. The molecule has 6 heteroatoms. The first-order valence-corrected chi connectivity index (χ1v) is 6.34. The van der Waals surface area contributed by atoms with Crippen molar-refractivity contribution < 1.29 is 13.9 Å². The maximum Gasteiger partial charge on any atom is 0.338 e. The molecule has 0 saturated carbocycles. The first kappa shape index (κ1) is 13.2. The van der Waals surface area contributed by atoms with Gasteiger partial charge in [-0.1, -0.05) is 18.2 Å². The Bertz CT molecular complexity index is 814. The smallest absolute Gasteiger partial charge is 0.338 e. The largest absolute Gasteiger partial charge is 0.465 e. The lowest BCUT2D eigenvalue weighted by molar-refractivity contribution is 0.0600. The van der Waals surface area contributed by atoms with Crippen molar-refractivity contribution in [2.45, 2.75) is 6.42 Å². The molecule has 3 rings (SSSR count). The Hall–Kier alpha value is -2.76. The van der Waals surface area contributed by atoms with Gasteiger partial charge in [0.1, 0.15) is 11.6 Å². The van der Waals surface area contributed by atoms with E-state index in [0.717, 1.165) is 0 Å². The van der Waals surface area contributed by atoms with Gasteiger partial charge in [0.2, 0.25) is 0 Å². The molecule has 2 heterocycles. The lowest BCUT2D eigenvalue weighted by Gasteiger charge is -2.03. The van der Waals surface area contributed by atoms with Gasteiger partial charge in [0.15, 0.2) is 5.65 Å². The number of pyridine rings is 1. The molecule has 1 aromatic carbocycles. The summed E-state index contributed by atoms with van der Waals surface area (Å²) in [4.78, 5) is 11.5. The van der Waals surface area contributed by atoms with E-state index >= 15 is 0 Å². The van der Waals surface area contributed by atoms with Crippen LogP contribution in [0.1, 0.15) is 21.7 Å². The maximum atomic E-state index is 13.7. The van der Waals surface area contributed by atoms with Crippen molar-refractivity contribution in [3.63, 3.8) is 0 Å². The van der Waals surface area contributed by atoms with Gasteiger partial charge in [-0.15, -0.1) is 10.2 Å². The van der Waals surface area contributed by atoms with Crippen LogP contribution in [-0.2, 0) is 11.2 Å². The van der Waals surface area contributed by atoms with Gasteiger partial charge in [-0.2, -0.15) is 0 Å². The summed E-state index contributed by atoms with van der Waals surface area (Å²) in [5.41, 5.74) is 1.46. The number of esters is 1. The predicted molar refractivity (Wildman–Crippen MR) is 73.5 cm³/mol. The van der Waals surface area contributed by atoms with Gasteiger partial charge in [0, 0.05) is 12.6 Å². The zero-order valence-corrected chi connectivity index (χ0v) is 11.3. The highest BCUT2D eigenvalue weighted by molar-refractivity contribution is 5.90. The molecule has 0 unspecified atom stereocenters. The third kappa shape index (κ3) is 2.47. The van der Waals surface area contributed by atoms with E-state index in [2.05, 4.69) is 14.9 Å². The van der Waals surface area contributed by atoms with Crippen molar-refractivity contribution in [3.05, 3.63) is 65.4 Å². The Morgan fingerprint density at radius 1 is 1.29 bits per heavy atom. The number of benzene rings is 1. The van der Waals surface area contributed by atoms with Gasteiger partial charge < -0.3 is 4.74 Å². The van der Waals surface area contributed by atoms with E-state index in [1.165, 1.54) is 13.2 Å². The Morgan fingerprint density at radius 3 is 2.86 bits per heavy atom. The third-order valence-electron chi connectivity index (χ3n) is 3.21. The topological polar surface area (TPSA) is 56.5 Å². The van der Waals surface area contributed by atoms with Crippen molar-refractivity contribution >= 4 is 11.6 Å². The number of fused-ring (bicyclic) bond motifs is 1. The molecular formula is C15H12FN3O2. The van der Waals surface area contributed by atoms with Crippen molar-refractivity contribution in [1.82, 2.24) is 14.6 Å². The van der Waals surface area contributed by atoms with Crippen LogP contribution in [0.25, 0.3) is 5.65 Å². The summed E-state index contributed by atoms with van der Waals surface area (Å²) >= 11 is 0. The molecule has 0 aliphatic heterocycles. The summed E-state index contributed by atoms with van der Waals surface area (Å²) in [6.45, 7) is 0. The molecular weight excluding hydrogens is 273 g/mol. The molecule has 0 atom stereocenters. The molecule has 106 valence electrons. The second-order valence-corrected chi connectivity index (χ2v) is 4.52. The van der Waals surface area contributed by atoms with E-state index in [0.29, 0.717) is 29.0 Å². The molecule has 21 heavy (non-hydrogen) atoms. The van der Waals surface area contributed by atoms with Crippen LogP contribution in [0, 0.1) is 5.82 Å². The molecule has 0 saturated heterocycles. The van der Waals surface area contributed by atoms with Gasteiger partial charge in [0.05, 0.1) is 12.7 Å². The van der Waals surface area contributed by atoms with Crippen LogP contribution < -0.4 is 0 Å². The highest BCUT2D eigenvalue weighted by Gasteiger charge is 2.12. The van der Waals surface area contributed by atoms with Gasteiger partial charge in [-0.05, 0) is 23.8 Å². The fourth-order valence-corrected chi connectivity index (χ4v) is 2.12. The van der Waals surface area contributed by atoms with Crippen molar-refractivity contribution in [3.8, 4) is 0 Å². The lowest BCUT2D eigenvalue weighted by atomic mass is 10.1. The molecule has 2 aromatic heterocycles. The van der Waals surface area contributed by atoms with E-state index < -0.39 is 5.97 Å². The van der Waals surface area contributed by atoms with Gasteiger partial charge in [0.25, 0.3) is 0 Å². The number of nitrogens with zero attached hydrogens (tertiary/aromatic N) is 3. The minimum Gasteiger partial charge on any atom is -0.465 e. The number of methoxy groups -OCH3 is 1. The molecule has 0 amide bonds. The monoisotopic (exact) mass is 285 g/mol. The number of halogens is 1. The van der Waals surface area contributed by atoms with Gasteiger partial charge >= 0.3 is 5.97 Å². The van der Waals surface area contributed by atoms with Crippen LogP contribution in [0.2, 0.25) is 0 Å². The highest BCUT2D eigenvalue weighted by atomic mass is 19.1. The average molecular weight is 285 g/mol. The second-order valence-electron chi connectivity index (χ2n) is 4.52. The van der Waals surface area contributed by atoms with Crippen LogP contribution in [0.5, 0.6) is 0 Å². The standard InChI is InChI=1S/C15H12FN3O2/c1-21-15(20)11-6-7-19-13(17-18-14(19)9-11)8-10-4-2-3-5-12(10)16/h2-7,9H,8H2,1H3. The summed E-state index contributed by atoms with van der Waals surface area (Å²) < 4.78 is 20.1. The molecule has 3 aromatic rings. The Kier molecular flexibility index (Phi) is 3.35. The van der Waals surface area contributed by atoms with E-state index in [1.54, 1.807) is 40.9 Å². The number of aromatic nitrogens is 3. The maximum absolute atomic E-state index is 13.7. The first-order valence-electron chi connectivity index (χ1n) is 6.34. The summed E-state index contributed by atoms with van der Waals surface area (Å²) in [6, 6.07) is 9.74. The van der Waals surface area contributed by atoms with Gasteiger partial charge in [-0.25, -0.2) is 9.18 Å². The SMILES string of the molecule is COC(=O)c1ccn2c(Cc3ccccc3F)nnc2c1. The lowest BCUT2D eigenvalue weighted by Crippen LogP contribution is -2.03. The van der Waals surface area contributed by atoms with Crippen molar-refractivity contribution in [2.75, 3.05) is 7.11 Å². The Morgan fingerprint density at radius 2 is 2.10 bits per heavy atom. The molecule has 0 fully saturated rings. The van der Waals surface area contributed by atoms with E-state index in [9.17, 15) is 9.18 Å². The second kappa shape index (κ2) is 5.32. The van der Waals surface area contributed by atoms with E-state index in [1.807, 2.05) is 0 Å². The van der Waals surface area contributed by atoms with E-state index in [-0.39, 0.29) is 5.82 Å². The zero-order valence-electron chi connectivity index (χ0n) is 11.3. The van der Waals surface area contributed by atoms with Gasteiger partial charge in [-0.3, -0.25) is 4.40 Å². The van der Waals surface area contributed by atoms with Crippen LogP contribution in [0.15, 0.2) is 42.6 Å². The summed E-state index contributed by atoms with van der Waals surface area (Å²) in [6.07, 6.45) is 2.00. The number of carbonyl (C=O) groups excluding carboxylic acids is 1. The van der Waals surface area contributed by atoms with E-state index in [4.69, 9.17) is 0 Å². The predicted octanol–water partition coefficient (Wildman–Crippen LogP) is 2.25. The fraction of sp³-hybridized carbons (Fsp3) is 0.133. The Labute approximate surface area is 120 Å². The number of rotatable bonds is 3. The summed E-state index contributed by atoms with van der Waals surface area (Å²) in [5, 5.41) is 8.06. The quantitative estimate of drug-likeness (QED) is 0.693. The molecule has 0 bridgehead atoms. The molecule has 0 aliphatic rings. The first-order chi connectivity index (χ1) is 10.2. The van der Waals surface area contributed by atoms with Crippen LogP contribution in [0.4, 0.5) is 4.39 Å². The highest BCUT2D eigenvalue weighted by Crippen LogP contribution is 2.14. The number of hydrogen-bond donors (Lipinski definition) is 0. The number of carbonyl (C=O) groups is 1. The summed E-state index contributed by atoms with van der Waals surface area (Å²) in [5.74, 6) is -0.108. The molecule has 5 nitrogen and oxygen atoms in total. The van der Waals surface area contributed by atoms with Crippen molar-refractivity contribution in [2.24, 2.45) is 0 Å². The van der Waals surface area contributed by atoms with Crippen LogP contribution >= 0.6 is 0 Å². The van der Waals surface area contributed by atoms with Crippen LogP contribution in [-0.4, -0.2) is 27.7 Å². The minimum atomic E-state index is -0.434.